The number of imidazole rings is 1. The number of carbonyl (C=O) groups is 9. The van der Waals surface area contributed by atoms with E-state index in [-0.39, 0.29) is 63.3 Å². The molecule has 8 atom stereocenters. The number of aliphatic imine (C=N–C) groups is 1. The van der Waals surface area contributed by atoms with Crippen LogP contribution in [0.4, 0.5) is 0 Å². The van der Waals surface area contributed by atoms with Crippen molar-refractivity contribution in [1.29, 1.82) is 0 Å². The standard InChI is InChI=1S/C49H70N14O11.HO3P/c1-26(2)39(61-42(67)33(12-8-18-55-49(52)53)57-41(66)32(50)23-38(51)65)45(70)58-34(20-29-14-16-31(64)17-15-29)43(68)62-40(27(3)4)46(71)59-35(22-30-24-54-25-56-30)47(72)63-19-9-13-37(63)44(69)60-36(48(73)74)21-28-10-6-5-7-11-28;1-4(2)3/h5-7,10-11,14-17,24-27,32-37,39-40,64H,8-9,12-13,18-23,50H2,1-4H3,(H2,51,65)(H,54,56)(H,57,66)(H,58,70)(H,59,71)(H,60,69)(H,61,67)(H,62,68)(H,73,74)(H4,52,53,55);(H-,1,2,3)/p+1/t32-,33-,34-,35-,36-,37-,39-,40-;/m0./s1. The number of carbonyl (C=O) groups excluding carboxylic acids is 8. The lowest BCUT2D eigenvalue weighted by molar-refractivity contribution is -0.145. The Morgan fingerprint density at radius 2 is 1.27 bits per heavy atom. The topological polar surface area (TPSA) is 472 Å². The first-order chi connectivity index (χ1) is 36.8. The van der Waals surface area contributed by atoms with Gasteiger partial charge < -0.3 is 74.9 Å². The lowest BCUT2D eigenvalue weighted by Crippen LogP contribution is -2.62. The number of hydrogen-bond donors (Lipinski definition) is 15. The number of carboxylic acids is 1. The predicted molar refractivity (Wildman–Crippen MR) is 282 cm³/mol. The minimum absolute atomic E-state index is 0.000444. The normalized spacial score (nSPS) is 15.6. The molecule has 0 spiro atoms. The number of aliphatic carboxylic acids is 1. The first-order valence-corrected chi connectivity index (χ1v) is 26.0. The number of likely N-dealkylation sites (tertiary alicyclic amines) is 1. The van der Waals surface area contributed by atoms with E-state index in [0.29, 0.717) is 23.2 Å². The maximum Gasteiger partial charge on any atom is 0.692 e. The van der Waals surface area contributed by atoms with Gasteiger partial charge in [0.2, 0.25) is 47.3 Å². The molecule has 0 aliphatic carbocycles. The molecule has 3 aromatic rings. The molecule has 29 heteroatoms. The summed E-state index contributed by atoms with van der Waals surface area (Å²) < 4.78 is 8.70. The molecule has 0 bridgehead atoms. The van der Waals surface area contributed by atoms with Crippen LogP contribution in [0, 0.1) is 11.8 Å². The molecule has 1 aliphatic heterocycles. The number of aromatic hydroxyl groups is 1. The summed E-state index contributed by atoms with van der Waals surface area (Å²) in [6, 6.07) is 4.17. The van der Waals surface area contributed by atoms with Gasteiger partial charge in [0.1, 0.15) is 48.0 Å². The van der Waals surface area contributed by atoms with Gasteiger partial charge in [-0.2, -0.15) is 0 Å². The fraction of sp³-hybridized carbons (Fsp3) is 0.490. The van der Waals surface area contributed by atoms with Crippen molar-refractivity contribution in [3.8, 4) is 5.75 Å². The Labute approximate surface area is 450 Å². The highest BCUT2D eigenvalue weighted by Crippen LogP contribution is 2.21. The van der Waals surface area contributed by atoms with E-state index in [9.17, 15) is 53.4 Å². The molecule has 1 saturated heterocycles. The number of amides is 8. The second-order valence-electron chi connectivity index (χ2n) is 19.1. The molecule has 1 aliphatic rings. The molecule has 78 heavy (non-hydrogen) atoms. The van der Waals surface area contributed by atoms with E-state index in [4.69, 9.17) is 37.3 Å². The van der Waals surface area contributed by atoms with E-state index in [1.54, 1.807) is 58.0 Å². The first-order valence-electron chi connectivity index (χ1n) is 24.9. The number of rotatable bonds is 28. The van der Waals surface area contributed by atoms with Crippen LogP contribution in [0.3, 0.4) is 0 Å². The molecule has 1 aromatic heterocycles. The number of nitrogens with zero attached hydrogens (tertiary/aromatic N) is 3. The van der Waals surface area contributed by atoms with Gasteiger partial charge in [0.15, 0.2) is 5.96 Å². The van der Waals surface area contributed by atoms with Crippen LogP contribution in [0.1, 0.15) is 76.6 Å². The number of phenols is 1. The highest BCUT2D eigenvalue weighted by atomic mass is 31.1. The van der Waals surface area contributed by atoms with E-state index in [2.05, 4.69) is 46.9 Å². The molecule has 0 saturated carbocycles. The molecule has 4 rings (SSSR count). The fourth-order valence-corrected chi connectivity index (χ4v) is 8.18. The third-order valence-electron chi connectivity index (χ3n) is 12.2. The Hall–Kier alpha value is -8.07. The Morgan fingerprint density at radius 3 is 1.79 bits per heavy atom. The number of H-pyrrole nitrogens is 1. The van der Waals surface area contributed by atoms with Crippen LogP contribution in [0.2, 0.25) is 0 Å². The smallest absolute Gasteiger partial charge is 0.508 e. The zero-order chi connectivity index (χ0) is 58.2. The third-order valence-corrected chi connectivity index (χ3v) is 12.2. The first kappa shape index (κ1) is 64.2. The Kier molecular flexibility index (Phi) is 26.2. The van der Waals surface area contributed by atoms with E-state index < -0.39 is 128 Å². The quantitative estimate of drug-likeness (QED) is 0.0153. The number of nitrogens with two attached hydrogens (primary N) is 4. The van der Waals surface area contributed by atoms with Crippen molar-refractivity contribution >= 4 is 67.4 Å². The Bertz CT molecular complexity index is 2550. The molecule has 8 amide bonds. The summed E-state index contributed by atoms with van der Waals surface area (Å²) in [4.78, 5) is 148. The molecular weight excluding hydrogens is 1040 g/mol. The van der Waals surface area contributed by atoms with Crippen LogP contribution in [0.25, 0.3) is 0 Å². The van der Waals surface area contributed by atoms with Gasteiger partial charge in [-0.3, -0.25) is 43.3 Å². The van der Waals surface area contributed by atoms with Crippen molar-refractivity contribution < 1.29 is 67.7 Å². The average Bonchev–Trinajstić information content (AvgIpc) is 4.08. The molecule has 2 heterocycles. The average molecular weight is 1110 g/mol. The summed E-state index contributed by atoms with van der Waals surface area (Å²) in [5, 5.41) is 35.9. The highest BCUT2D eigenvalue weighted by molar-refractivity contribution is 7.30. The number of guanidine groups is 1. The third kappa shape index (κ3) is 21.9. The van der Waals surface area contributed by atoms with Crippen LogP contribution in [0.15, 0.2) is 72.1 Å². The van der Waals surface area contributed by atoms with Crippen LogP contribution < -0.4 is 54.8 Å². The monoisotopic (exact) mass is 1110 g/mol. The number of carboxylic acid groups (broad SMARTS) is 1. The lowest BCUT2D eigenvalue weighted by atomic mass is 9.98. The van der Waals surface area contributed by atoms with Crippen LogP contribution in [0.5, 0.6) is 5.75 Å². The van der Waals surface area contributed by atoms with Gasteiger partial charge in [0.25, 0.3) is 0 Å². The number of aromatic nitrogens is 2. The van der Waals surface area contributed by atoms with Crippen molar-refractivity contribution in [1.82, 2.24) is 46.8 Å². The second kappa shape index (κ2) is 31.9. The summed E-state index contributed by atoms with van der Waals surface area (Å²) in [7, 11) is -2.87. The number of nitrogens with one attached hydrogen (secondary N) is 7. The summed E-state index contributed by atoms with van der Waals surface area (Å²) >= 11 is 0. The van der Waals surface area contributed by atoms with Crippen molar-refractivity contribution in [2.45, 2.75) is 127 Å². The van der Waals surface area contributed by atoms with Crippen molar-refractivity contribution in [2.24, 2.45) is 39.8 Å². The Balaban J connectivity index is 0.00000386. The van der Waals surface area contributed by atoms with E-state index >= 15 is 0 Å². The van der Waals surface area contributed by atoms with Gasteiger partial charge in [0, 0.05) is 48.8 Å². The summed E-state index contributed by atoms with van der Waals surface area (Å²) in [6.07, 6.45) is 2.86. The zero-order valence-electron chi connectivity index (χ0n) is 43.7. The van der Waals surface area contributed by atoms with Crippen molar-refractivity contribution in [2.75, 3.05) is 13.1 Å². The second-order valence-corrected chi connectivity index (χ2v) is 19.6. The SMILES string of the molecule is CC(C)[C@H](NC(=O)[C@H](CCCN=C(N)N)NC(=O)[C@@H](N)CC(N)=O)C(=O)N[C@@H](Cc1ccc(O)cc1)C(=O)N[C@H](C(=O)N[C@@H](Cc1cnc[nH]1)C(=O)N1CCC[C@H]1C(=O)N[C@@H](Cc1ccccc1)C(=O)O)C(C)C.O=[P+](O)O. The van der Waals surface area contributed by atoms with Crippen LogP contribution >= 0.6 is 8.25 Å². The largest absolute Gasteiger partial charge is 0.692 e. The predicted octanol–water partition coefficient (Wildman–Crippen LogP) is -2.68. The molecule has 0 radical (unpaired) electrons. The molecule has 426 valence electrons. The number of primary amides is 1. The number of benzene rings is 2. The summed E-state index contributed by atoms with van der Waals surface area (Å²) in [5.74, 6) is -9.04. The number of phenolic OH excluding ortho intramolecular Hbond substituents is 1. The van der Waals surface area contributed by atoms with Crippen molar-refractivity contribution in [3.63, 3.8) is 0 Å². The highest BCUT2D eigenvalue weighted by Gasteiger charge is 2.41. The van der Waals surface area contributed by atoms with E-state index in [1.807, 2.05) is 0 Å². The zero-order valence-corrected chi connectivity index (χ0v) is 44.6. The van der Waals surface area contributed by atoms with Crippen molar-refractivity contribution in [3.05, 3.63) is 83.9 Å². The van der Waals surface area contributed by atoms with Gasteiger partial charge in [0.05, 0.1) is 18.8 Å². The minimum Gasteiger partial charge on any atom is -0.508 e. The van der Waals surface area contributed by atoms with Gasteiger partial charge in [-0.15, -0.1) is 9.79 Å². The minimum atomic E-state index is -2.87. The summed E-state index contributed by atoms with van der Waals surface area (Å²) in [5.41, 5.74) is 23.5. The lowest BCUT2D eigenvalue weighted by Gasteiger charge is -2.31. The number of hydrogen-bond acceptors (Lipinski definition) is 14. The molecule has 28 nitrogen and oxygen atoms in total. The fourth-order valence-electron chi connectivity index (χ4n) is 8.18. The molecule has 2 aromatic carbocycles. The van der Waals surface area contributed by atoms with Gasteiger partial charge in [-0.05, 0) is 60.8 Å². The number of aromatic amines is 1. The van der Waals surface area contributed by atoms with Crippen LogP contribution in [-0.4, -0.2) is 155 Å². The van der Waals surface area contributed by atoms with Gasteiger partial charge in [-0.1, -0.05) is 70.2 Å². The van der Waals surface area contributed by atoms with E-state index in [0.717, 1.165) is 0 Å². The Morgan fingerprint density at radius 1 is 0.731 bits per heavy atom. The summed E-state index contributed by atoms with van der Waals surface area (Å²) in [6.45, 7) is 6.77. The van der Waals surface area contributed by atoms with Gasteiger partial charge in [-0.25, -0.2) is 9.78 Å². The van der Waals surface area contributed by atoms with Gasteiger partial charge >= 0.3 is 14.2 Å². The molecule has 19 N–H and O–H groups in total. The maximum absolute atomic E-state index is 14.5. The van der Waals surface area contributed by atoms with E-state index in [1.165, 1.54) is 41.7 Å². The molecule has 0 unspecified atom stereocenters. The van der Waals surface area contributed by atoms with Crippen LogP contribution in [-0.2, 0) is 67.0 Å². The molecule has 1 fully saturated rings. The maximum atomic E-state index is 14.5. The molecular formula is C49H72N14O14P+.